The maximum absolute atomic E-state index is 12.8. The third-order valence-electron chi connectivity index (χ3n) is 5.83. The maximum atomic E-state index is 12.8. The standard InChI is InChI=1S/C22H30N2O3/c1-4-6-16-7-9-17(10-8-16)21-19(13-23(5-2)15(3)26)24(20(21)14-25)22(27)18-11-12-18/h4,6-10,18-21,25H,5,11-14H2,1-3H3/b6-4+/t19-,20+,21-/m1/s1. The molecule has 146 valence electrons. The van der Waals surface area contributed by atoms with Crippen LogP contribution in [0.2, 0.25) is 0 Å². The molecule has 0 bridgehead atoms. The molecule has 3 rings (SSSR count). The summed E-state index contributed by atoms with van der Waals surface area (Å²) < 4.78 is 0. The molecule has 1 aliphatic heterocycles. The Hall–Kier alpha value is -2.14. The van der Waals surface area contributed by atoms with E-state index in [-0.39, 0.29) is 42.3 Å². The second kappa shape index (κ2) is 8.26. The number of hydrogen-bond donors (Lipinski definition) is 1. The molecule has 5 heteroatoms. The van der Waals surface area contributed by atoms with E-state index in [1.807, 2.05) is 30.9 Å². The molecular formula is C22H30N2O3. The second-order valence-corrected chi connectivity index (χ2v) is 7.59. The minimum absolute atomic E-state index is 0.0194. The number of rotatable bonds is 7. The molecule has 1 N–H and O–H groups in total. The Morgan fingerprint density at radius 3 is 2.37 bits per heavy atom. The number of likely N-dealkylation sites (tertiary alicyclic amines) is 1. The first kappa shape index (κ1) is 19.6. The van der Waals surface area contributed by atoms with Crippen LogP contribution in [0.3, 0.4) is 0 Å². The average Bonchev–Trinajstić information content (AvgIpc) is 3.48. The summed E-state index contributed by atoms with van der Waals surface area (Å²) in [6.45, 7) is 6.59. The lowest BCUT2D eigenvalue weighted by Gasteiger charge is -2.56. The molecule has 1 saturated carbocycles. The Morgan fingerprint density at radius 2 is 1.89 bits per heavy atom. The van der Waals surface area contributed by atoms with Gasteiger partial charge in [-0.25, -0.2) is 0 Å². The minimum atomic E-state index is -0.207. The summed E-state index contributed by atoms with van der Waals surface area (Å²) in [5.41, 5.74) is 2.24. The molecular weight excluding hydrogens is 340 g/mol. The number of carbonyl (C=O) groups excluding carboxylic acids is 2. The Morgan fingerprint density at radius 1 is 1.22 bits per heavy atom. The molecule has 2 fully saturated rings. The van der Waals surface area contributed by atoms with Crippen molar-refractivity contribution >= 4 is 17.9 Å². The number of allylic oxidation sites excluding steroid dienone is 1. The van der Waals surface area contributed by atoms with E-state index in [2.05, 4.69) is 24.3 Å². The highest BCUT2D eigenvalue weighted by Crippen LogP contribution is 2.45. The van der Waals surface area contributed by atoms with Crippen molar-refractivity contribution in [1.29, 1.82) is 0 Å². The number of nitrogens with zero attached hydrogens (tertiary/aromatic N) is 2. The van der Waals surface area contributed by atoms with Crippen molar-refractivity contribution in [2.75, 3.05) is 19.7 Å². The van der Waals surface area contributed by atoms with Gasteiger partial charge < -0.3 is 14.9 Å². The monoisotopic (exact) mass is 370 g/mol. The first-order valence-corrected chi connectivity index (χ1v) is 9.93. The summed E-state index contributed by atoms with van der Waals surface area (Å²) in [7, 11) is 0. The number of benzene rings is 1. The lowest BCUT2D eigenvalue weighted by Crippen LogP contribution is -2.69. The van der Waals surface area contributed by atoms with Gasteiger partial charge in [0, 0.05) is 31.8 Å². The van der Waals surface area contributed by atoms with Crippen LogP contribution in [0.1, 0.15) is 50.7 Å². The Bertz CT molecular complexity index is 709. The van der Waals surface area contributed by atoms with Gasteiger partial charge in [0.15, 0.2) is 0 Å². The molecule has 1 aromatic rings. The van der Waals surface area contributed by atoms with Gasteiger partial charge >= 0.3 is 0 Å². The van der Waals surface area contributed by atoms with E-state index in [9.17, 15) is 14.7 Å². The quantitative estimate of drug-likeness (QED) is 0.803. The zero-order valence-corrected chi connectivity index (χ0v) is 16.5. The largest absolute Gasteiger partial charge is 0.394 e. The van der Waals surface area contributed by atoms with Crippen LogP contribution >= 0.6 is 0 Å². The van der Waals surface area contributed by atoms with Gasteiger partial charge in [0.05, 0.1) is 18.7 Å². The van der Waals surface area contributed by atoms with Crippen LogP contribution in [0.5, 0.6) is 0 Å². The van der Waals surface area contributed by atoms with E-state index in [0.29, 0.717) is 13.1 Å². The number of carbonyl (C=O) groups is 2. The van der Waals surface area contributed by atoms with Crippen molar-refractivity contribution < 1.29 is 14.7 Å². The lowest BCUT2D eigenvalue weighted by molar-refractivity contribution is -0.155. The molecule has 3 atom stereocenters. The van der Waals surface area contributed by atoms with Gasteiger partial charge in [0.1, 0.15) is 0 Å². The average molecular weight is 370 g/mol. The summed E-state index contributed by atoms with van der Waals surface area (Å²) >= 11 is 0. The molecule has 0 unspecified atom stereocenters. The van der Waals surface area contributed by atoms with Crippen LogP contribution in [0.15, 0.2) is 30.3 Å². The minimum Gasteiger partial charge on any atom is -0.394 e. The highest BCUT2D eigenvalue weighted by Gasteiger charge is 2.53. The SMILES string of the molecule is C/C=C/c1ccc([C@@H]2[C@@H](CN(CC)C(C)=O)N(C(=O)C3CC3)[C@H]2CO)cc1. The van der Waals surface area contributed by atoms with E-state index < -0.39 is 0 Å². The lowest BCUT2D eigenvalue weighted by atomic mass is 9.74. The van der Waals surface area contributed by atoms with Crippen molar-refractivity contribution in [3.63, 3.8) is 0 Å². The number of amides is 2. The first-order chi connectivity index (χ1) is 13.0. The molecule has 0 aromatic heterocycles. The third kappa shape index (κ3) is 3.93. The fourth-order valence-corrected chi connectivity index (χ4v) is 4.19. The van der Waals surface area contributed by atoms with Gasteiger partial charge in [0.2, 0.25) is 11.8 Å². The number of aliphatic hydroxyl groups is 1. The van der Waals surface area contributed by atoms with Crippen molar-refractivity contribution in [1.82, 2.24) is 9.80 Å². The van der Waals surface area contributed by atoms with Crippen molar-refractivity contribution in [3.8, 4) is 0 Å². The van der Waals surface area contributed by atoms with Crippen LogP contribution in [-0.4, -0.2) is 58.5 Å². The Balaban J connectivity index is 1.88. The fourth-order valence-electron chi connectivity index (χ4n) is 4.19. The van der Waals surface area contributed by atoms with Crippen LogP contribution < -0.4 is 0 Å². The van der Waals surface area contributed by atoms with Gasteiger partial charge in [-0.3, -0.25) is 9.59 Å². The summed E-state index contributed by atoms with van der Waals surface area (Å²) in [5, 5.41) is 10.0. The van der Waals surface area contributed by atoms with Gasteiger partial charge in [-0.05, 0) is 37.8 Å². The van der Waals surface area contributed by atoms with Gasteiger partial charge in [0.25, 0.3) is 0 Å². The summed E-state index contributed by atoms with van der Waals surface area (Å²) in [6.07, 6.45) is 5.92. The zero-order chi connectivity index (χ0) is 19.6. The topological polar surface area (TPSA) is 60.9 Å². The van der Waals surface area contributed by atoms with E-state index in [1.165, 1.54) is 0 Å². The molecule has 27 heavy (non-hydrogen) atoms. The Labute approximate surface area is 161 Å². The predicted molar refractivity (Wildman–Crippen MR) is 106 cm³/mol. The smallest absolute Gasteiger partial charge is 0.226 e. The molecule has 1 heterocycles. The summed E-state index contributed by atoms with van der Waals surface area (Å²) in [4.78, 5) is 28.4. The van der Waals surface area contributed by atoms with Crippen LogP contribution in [0.25, 0.3) is 6.08 Å². The highest BCUT2D eigenvalue weighted by molar-refractivity contribution is 5.83. The zero-order valence-electron chi connectivity index (χ0n) is 16.5. The van der Waals surface area contributed by atoms with E-state index in [4.69, 9.17) is 0 Å². The van der Waals surface area contributed by atoms with Gasteiger partial charge in [-0.15, -0.1) is 0 Å². The van der Waals surface area contributed by atoms with Gasteiger partial charge in [-0.1, -0.05) is 36.4 Å². The predicted octanol–water partition coefficient (Wildman–Crippen LogP) is 2.65. The van der Waals surface area contributed by atoms with Crippen LogP contribution in [-0.2, 0) is 9.59 Å². The molecule has 5 nitrogen and oxygen atoms in total. The fraction of sp³-hybridized carbons (Fsp3) is 0.545. The third-order valence-corrected chi connectivity index (χ3v) is 5.83. The molecule has 2 aliphatic rings. The molecule has 2 amide bonds. The van der Waals surface area contributed by atoms with Crippen LogP contribution in [0, 0.1) is 5.92 Å². The van der Waals surface area contributed by atoms with Gasteiger partial charge in [-0.2, -0.15) is 0 Å². The van der Waals surface area contributed by atoms with E-state index in [1.54, 1.807) is 11.8 Å². The highest BCUT2D eigenvalue weighted by atomic mass is 16.3. The summed E-state index contributed by atoms with van der Waals surface area (Å²) in [6, 6.07) is 8.01. The molecule has 1 aliphatic carbocycles. The Kier molecular flexibility index (Phi) is 6.00. The molecule has 1 saturated heterocycles. The molecule has 0 spiro atoms. The number of likely N-dealkylation sites (N-methyl/N-ethyl adjacent to an activating group) is 1. The van der Waals surface area contributed by atoms with E-state index in [0.717, 1.165) is 24.0 Å². The second-order valence-electron chi connectivity index (χ2n) is 7.59. The number of aliphatic hydroxyl groups excluding tert-OH is 1. The van der Waals surface area contributed by atoms with E-state index >= 15 is 0 Å². The normalized spacial score (nSPS) is 24.7. The summed E-state index contributed by atoms with van der Waals surface area (Å²) in [5.74, 6) is 0.309. The molecule has 0 radical (unpaired) electrons. The van der Waals surface area contributed by atoms with Crippen molar-refractivity contribution in [2.45, 2.75) is 51.6 Å². The molecule has 1 aromatic carbocycles. The maximum Gasteiger partial charge on any atom is 0.226 e. The first-order valence-electron chi connectivity index (χ1n) is 9.93. The van der Waals surface area contributed by atoms with Crippen LogP contribution in [0.4, 0.5) is 0 Å². The number of hydrogen-bond acceptors (Lipinski definition) is 3. The van der Waals surface area contributed by atoms with Crippen molar-refractivity contribution in [3.05, 3.63) is 41.5 Å². The van der Waals surface area contributed by atoms with Crippen molar-refractivity contribution in [2.24, 2.45) is 5.92 Å².